The molecule has 1 unspecified atom stereocenters. The molecule has 0 spiro atoms. The molecule has 0 N–H and O–H groups in total. The number of hydrogen-bond donors (Lipinski definition) is 0. The van der Waals surface area contributed by atoms with Crippen molar-refractivity contribution in [3.63, 3.8) is 0 Å². The predicted molar refractivity (Wildman–Crippen MR) is 144 cm³/mol. The second-order valence-electron chi connectivity index (χ2n) is 8.86. The van der Waals surface area contributed by atoms with Crippen molar-refractivity contribution in [2.45, 2.75) is 52.9 Å². The molecule has 0 amide bonds. The summed E-state index contributed by atoms with van der Waals surface area (Å²) in [5.41, 5.74) is 5.07. The maximum absolute atomic E-state index is 12.9. The third-order valence-corrected chi connectivity index (χ3v) is 6.34. The molecule has 0 bridgehead atoms. The topological polar surface area (TPSA) is 59.6 Å². The van der Waals surface area contributed by atoms with Gasteiger partial charge in [-0.05, 0) is 67.4 Å². The smallest absolute Gasteiger partial charge is 0.261 e. The van der Waals surface area contributed by atoms with Crippen molar-refractivity contribution in [2.75, 3.05) is 7.05 Å². The van der Waals surface area contributed by atoms with Gasteiger partial charge in [0.1, 0.15) is 17.1 Å². The van der Waals surface area contributed by atoms with Gasteiger partial charge in [0.15, 0.2) is 0 Å². The van der Waals surface area contributed by atoms with Crippen LogP contribution in [0.1, 0.15) is 62.5 Å². The highest BCUT2D eigenvalue weighted by atomic mass is 16.1. The Morgan fingerprint density at radius 3 is 2.77 bits per heavy atom. The summed E-state index contributed by atoms with van der Waals surface area (Å²) in [6.45, 7) is 6.58. The van der Waals surface area contributed by atoms with Gasteiger partial charge in [0.05, 0.1) is 5.69 Å². The summed E-state index contributed by atoms with van der Waals surface area (Å²) in [6, 6.07) is 9.25. The van der Waals surface area contributed by atoms with Crippen LogP contribution in [0.5, 0.6) is 0 Å². The Kier molecular flexibility index (Phi) is 8.76. The van der Waals surface area contributed by atoms with Gasteiger partial charge in [-0.1, -0.05) is 51.2 Å². The number of nitrogens with zero attached hydrogens (tertiary/aromatic N) is 4. The molecule has 1 aliphatic carbocycles. The fourth-order valence-electron chi connectivity index (χ4n) is 3.90. The molecule has 178 valence electrons. The first kappa shape index (κ1) is 25.7. The average Bonchev–Trinajstić information content (AvgIpc) is 2.89. The van der Waals surface area contributed by atoms with E-state index in [0.717, 1.165) is 54.6 Å². The van der Waals surface area contributed by atoms with Crippen LogP contribution in [0.15, 0.2) is 64.7 Å². The first-order valence-corrected chi connectivity index (χ1v) is 12.0. The zero-order valence-electron chi connectivity index (χ0n) is 21.0. The zero-order chi connectivity index (χ0) is 25.3. The highest BCUT2D eigenvalue weighted by Crippen LogP contribution is 2.36. The lowest BCUT2D eigenvalue weighted by Gasteiger charge is -2.33. The summed E-state index contributed by atoms with van der Waals surface area (Å²) in [6.07, 6.45) is 17.2. The van der Waals surface area contributed by atoms with Gasteiger partial charge >= 0.3 is 0 Å². The van der Waals surface area contributed by atoms with Gasteiger partial charge in [0.2, 0.25) is 0 Å². The van der Waals surface area contributed by atoms with Crippen LogP contribution in [0.3, 0.4) is 0 Å². The quantitative estimate of drug-likeness (QED) is 0.403. The molecule has 1 atom stereocenters. The average molecular weight is 465 g/mol. The Balaban J connectivity index is 0.000000363. The molecule has 5 heteroatoms. The number of aliphatic imine (C=N–C) groups is 1. The van der Waals surface area contributed by atoms with E-state index in [4.69, 9.17) is 11.4 Å². The van der Waals surface area contributed by atoms with E-state index < -0.39 is 0 Å². The Labute approximate surface area is 208 Å². The second-order valence-corrected chi connectivity index (χ2v) is 8.86. The van der Waals surface area contributed by atoms with E-state index in [-0.39, 0.29) is 11.0 Å². The highest BCUT2D eigenvalue weighted by Gasteiger charge is 2.31. The third-order valence-electron chi connectivity index (χ3n) is 6.34. The highest BCUT2D eigenvalue weighted by molar-refractivity contribution is 6.08. The maximum Gasteiger partial charge on any atom is 0.261 e. The number of fused-ring (bicyclic) bond motifs is 2. The first-order valence-electron chi connectivity index (χ1n) is 12.0. The first-order chi connectivity index (χ1) is 16.9. The lowest BCUT2D eigenvalue weighted by Crippen LogP contribution is -2.32. The lowest BCUT2D eigenvalue weighted by molar-refractivity contribution is 0.263. The predicted octanol–water partition coefficient (Wildman–Crippen LogP) is 5.05. The second kappa shape index (κ2) is 12.0. The molecule has 0 aromatic carbocycles. The minimum Gasteiger partial charge on any atom is -0.280 e. The molecule has 0 fully saturated rings. The van der Waals surface area contributed by atoms with Crippen LogP contribution in [0.25, 0.3) is 5.65 Å². The van der Waals surface area contributed by atoms with Crippen LogP contribution in [-0.4, -0.2) is 27.1 Å². The molecule has 0 aliphatic heterocycles. The molecule has 3 heterocycles. The van der Waals surface area contributed by atoms with E-state index in [9.17, 15) is 4.79 Å². The Morgan fingerprint density at radius 1 is 1.31 bits per heavy atom. The monoisotopic (exact) mass is 464 g/mol. The number of aromatic nitrogens is 3. The molecule has 4 rings (SSSR count). The number of rotatable bonds is 3. The van der Waals surface area contributed by atoms with Gasteiger partial charge in [-0.3, -0.25) is 14.2 Å². The zero-order valence-corrected chi connectivity index (χ0v) is 21.0. The standard InChI is InChI=1S/C23H27N3O.C7H5N/c1-5-7-8-18(24-4)10-9-17-12-14-26-21(15-17)25-20-16-23(3,6-2)13-11-19(20)22(26)27;1-2-7-5-3-4-6-8-7/h7-8,12,14-15H,5-6,11,13,16H2,1-4H3;1,3-6H/b8-7-,24-18?;. The lowest BCUT2D eigenvalue weighted by atomic mass is 9.73. The molecule has 3 aromatic heterocycles. The number of pyridine rings is 2. The van der Waals surface area contributed by atoms with E-state index >= 15 is 0 Å². The van der Waals surface area contributed by atoms with Gasteiger partial charge < -0.3 is 0 Å². The van der Waals surface area contributed by atoms with Crippen molar-refractivity contribution in [3.8, 4) is 24.2 Å². The number of allylic oxidation sites excluding steroid dienone is 2. The molecule has 35 heavy (non-hydrogen) atoms. The Bertz CT molecular complexity index is 1400. The fourth-order valence-corrected chi connectivity index (χ4v) is 3.90. The summed E-state index contributed by atoms with van der Waals surface area (Å²) in [5, 5.41) is 0. The number of terminal acetylenes is 1. The van der Waals surface area contributed by atoms with Crippen molar-refractivity contribution in [2.24, 2.45) is 10.4 Å². The summed E-state index contributed by atoms with van der Waals surface area (Å²) in [4.78, 5) is 25.7. The van der Waals surface area contributed by atoms with Crippen LogP contribution >= 0.6 is 0 Å². The molecule has 3 aromatic rings. The molecule has 0 saturated carbocycles. The normalized spacial score (nSPS) is 17.1. The van der Waals surface area contributed by atoms with Crippen LogP contribution in [-0.2, 0) is 12.8 Å². The van der Waals surface area contributed by atoms with Crippen LogP contribution < -0.4 is 5.56 Å². The Morgan fingerprint density at radius 2 is 2.14 bits per heavy atom. The van der Waals surface area contributed by atoms with Crippen molar-refractivity contribution >= 4 is 11.4 Å². The summed E-state index contributed by atoms with van der Waals surface area (Å²) in [7, 11) is 1.74. The third kappa shape index (κ3) is 6.55. The molecular weight excluding hydrogens is 432 g/mol. The summed E-state index contributed by atoms with van der Waals surface area (Å²) in [5.74, 6) is 8.63. The van der Waals surface area contributed by atoms with E-state index in [0.29, 0.717) is 11.3 Å². The SMILES string of the molecule is C#Cc1ccccn1.CC/C=C\C(C#Cc1ccn2c(=O)c3c(nc2c1)CC(C)(CC)CC3)=NC. The van der Waals surface area contributed by atoms with Crippen LogP contribution in [0.2, 0.25) is 0 Å². The van der Waals surface area contributed by atoms with Crippen LogP contribution in [0, 0.1) is 29.6 Å². The van der Waals surface area contributed by atoms with Crippen molar-refractivity contribution in [3.05, 3.63) is 87.7 Å². The van der Waals surface area contributed by atoms with Gasteiger partial charge in [-0.15, -0.1) is 6.42 Å². The van der Waals surface area contributed by atoms with Gasteiger partial charge in [0, 0.05) is 30.6 Å². The van der Waals surface area contributed by atoms with Gasteiger partial charge in [0.25, 0.3) is 5.56 Å². The van der Waals surface area contributed by atoms with Gasteiger partial charge in [-0.25, -0.2) is 9.97 Å². The van der Waals surface area contributed by atoms with Crippen molar-refractivity contribution < 1.29 is 0 Å². The largest absolute Gasteiger partial charge is 0.280 e. The van der Waals surface area contributed by atoms with Crippen LogP contribution in [0.4, 0.5) is 0 Å². The minimum absolute atomic E-state index is 0.0642. The maximum atomic E-state index is 12.9. The fraction of sp³-hybridized carbons (Fsp3) is 0.333. The molecule has 5 nitrogen and oxygen atoms in total. The van der Waals surface area contributed by atoms with E-state index in [1.807, 2.05) is 36.4 Å². The molecule has 0 saturated heterocycles. The van der Waals surface area contributed by atoms with E-state index in [1.165, 1.54) is 0 Å². The molecule has 0 radical (unpaired) electrons. The van der Waals surface area contributed by atoms with E-state index in [1.54, 1.807) is 29.9 Å². The summed E-state index contributed by atoms with van der Waals surface area (Å²) >= 11 is 0. The van der Waals surface area contributed by atoms with Crippen molar-refractivity contribution in [1.29, 1.82) is 0 Å². The minimum atomic E-state index is 0.0642. The van der Waals surface area contributed by atoms with Gasteiger partial charge in [-0.2, -0.15) is 0 Å². The molecular formula is C30H32N4O. The van der Waals surface area contributed by atoms with E-state index in [2.05, 4.69) is 48.5 Å². The Hall–Kier alpha value is -3.96. The molecule has 1 aliphatic rings. The number of hydrogen-bond acceptors (Lipinski definition) is 4. The summed E-state index contributed by atoms with van der Waals surface area (Å²) < 4.78 is 1.64. The van der Waals surface area contributed by atoms with Crippen molar-refractivity contribution in [1.82, 2.24) is 14.4 Å².